The van der Waals surface area contributed by atoms with Crippen LogP contribution in [0.5, 0.6) is 0 Å². The smallest absolute Gasteiger partial charge is 0.302 e. The fourth-order valence-corrected chi connectivity index (χ4v) is 8.01. The molecule has 0 aliphatic heterocycles. The minimum absolute atomic E-state index is 0.0435. The van der Waals surface area contributed by atoms with Crippen molar-refractivity contribution in [1.82, 2.24) is 0 Å². The molecule has 0 amide bonds. The van der Waals surface area contributed by atoms with Gasteiger partial charge in [0.15, 0.2) is 0 Å². The second-order valence-corrected chi connectivity index (χ2v) is 10.5. The van der Waals surface area contributed by atoms with Gasteiger partial charge in [0.05, 0.1) is 6.10 Å². The quantitative estimate of drug-likeness (QED) is 0.594. The van der Waals surface area contributed by atoms with E-state index in [0.29, 0.717) is 12.8 Å². The predicted octanol–water partition coefficient (Wildman–Crippen LogP) is 1.95. The van der Waals surface area contributed by atoms with Crippen molar-refractivity contribution in [2.45, 2.75) is 96.1 Å². The van der Waals surface area contributed by atoms with Gasteiger partial charge in [0.25, 0.3) is 0 Å². The second kappa shape index (κ2) is 7.45. The van der Waals surface area contributed by atoms with E-state index in [1.165, 1.54) is 13.8 Å². The highest BCUT2D eigenvalue weighted by Gasteiger charge is 2.72. The number of esters is 2. The van der Waals surface area contributed by atoms with Gasteiger partial charge in [0.1, 0.15) is 17.8 Å². The molecule has 0 aromatic carbocycles. The average molecular weight is 425 g/mol. The number of hydrogen-bond donors (Lipinski definition) is 3. The lowest BCUT2D eigenvalue weighted by atomic mass is 9.43. The van der Waals surface area contributed by atoms with Gasteiger partial charge >= 0.3 is 11.9 Å². The number of fused-ring (bicyclic) bond motifs is 5. The van der Waals surface area contributed by atoms with E-state index in [1.807, 2.05) is 6.92 Å². The first kappa shape index (κ1) is 22.0. The summed E-state index contributed by atoms with van der Waals surface area (Å²) in [7, 11) is 0. The van der Waals surface area contributed by atoms with Crippen LogP contribution in [0.2, 0.25) is 0 Å². The SMILES string of the molecule is CC(=O)OC1CC[C@@]2(CO)C(CC[C@@H]3[C@H]2CC[C@]2(C)C(OC(C)=O)CC(O)[C@@]32O)C1. The zero-order valence-electron chi connectivity index (χ0n) is 18.3. The zero-order valence-corrected chi connectivity index (χ0v) is 18.3. The van der Waals surface area contributed by atoms with Gasteiger partial charge in [-0.3, -0.25) is 9.59 Å². The van der Waals surface area contributed by atoms with Gasteiger partial charge < -0.3 is 24.8 Å². The van der Waals surface area contributed by atoms with Crippen molar-refractivity contribution in [2.24, 2.45) is 28.6 Å². The highest BCUT2D eigenvalue weighted by molar-refractivity contribution is 5.66. The van der Waals surface area contributed by atoms with E-state index < -0.39 is 23.2 Å². The maximum absolute atomic E-state index is 12.0. The molecule has 4 unspecified atom stereocenters. The molecule has 0 spiro atoms. The third kappa shape index (κ3) is 2.95. The number of carbonyl (C=O) groups excluding carboxylic acids is 2. The summed E-state index contributed by atoms with van der Waals surface area (Å²) in [5, 5.41) is 33.6. The topological polar surface area (TPSA) is 113 Å². The summed E-state index contributed by atoms with van der Waals surface area (Å²) in [6, 6.07) is 0. The molecule has 7 nitrogen and oxygen atoms in total. The Labute approximate surface area is 178 Å². The van der Waals surface area contributed by atoms with Gasteiger partial charge in [-0.1, -0.05) is 6.92 Å². The van der Waals surface area contributed by atoms with E-state index in [-0.39, 0.29) is 54.2 Å². The summed E-state index contributed by atoms with van der Waals surface area (Å²) in [4.78, 5) is 23.1. The molecule has 0 saturated heterocycles. The summed E-state index contributed by atoms with van der Waals surface area (Å²) in [5.41, 5.74) is -2.36. The first-order valence-electron chi connectivity index (χ1n) is 11.4. The minimum Gasteiger partial charge on any atom is -0.463 e. The summed E-state index contributed by atoms with van der Waals surface area (Å²) in [6.07, 6.45) is 3.94. The fourth-order valence-electron chi connectivity index (χ4n) is 8.01. The molecular weight excluding hydrogens is 388 g/mol. The van der Waals surface area contributed by atoms with Gasteiger partial charge in [-0.25, -0.2) is 0 Å². The van der Waals surface area contributed by atoms with Crippen LogP contribution >= 0.6 is 0 Å². The number of hydrogen-bond acceptors (Lipinski definition) is 7. The highest BCUT2D eigenvalue weighted by atomic mass is 16.5. The normalized spacial score (nSPS) is 50.1. The molecule has 0 aromatic rings. The summed E-state index contributed by atoms with van der Waals surface area (Å²) >= 11 is 0. The number of ether oxygens (including phenoxy) is 2. The Bertz CT molecular complexity index is 710. The van der Waals surface area contributed by atoms with Crippen LogP contribution in [-0.2, 0) is 19.1 Å². The van der Waals surface area contributed by atoms with Crippen LogP contribution in [0, 0.1) is 28.6 Å². The van der Waals surface area contributed by atoms with Gasteiger partial charge in [-0.2, -0.15) is 0 Å². The Balaban J connectivity index is 1.63. The minimum atomic E-state index is -1.34. The van der Waals surface area contributed by atoms with E-state index in [0.717, 1.165) is 32.1 Å². The van der Waals surface area contributed by atoms with Crippen LogP contribution in [0.15, 0.2) is 0 Å². The van der Waals surface area contributed by atoms with Crippen molar-refractivity contribution in [3.8, 4) is 0 Å². The van der Waals surface area contributed by atoms with Crippen LogP contribution in [0.3, 0.4) is 0 Å². The number of rotatable bonds is 3. The van der Waals surface area contributed by atoms with Crippen LogP contribution in [0.1, 0.15) is 72.1 Å². The third-order valence-corrected chi connectivity index (χ3v) is 9.39. The molecule has 7 heteroatoms. The molecule has 9 atom stereocenters. The molecule has 30 heavy (non-hydrogen) atoms. The summed E-state index contributed by atoms with van der Waals surface area (Å²) < 4.78 is 11.0. The van der Waals surface area contributed by atoms with E-state index in [9.17, 15) is 24.9 Å². The lowest BCUT2D eigenvalue weighted by molar-refractivity contribution is -0.250. The summed E-state index contributed by atoms with van der Waals surface area (Å²) in [6.45, 7) is 4.79. The average Bonchev–Trinajstić information content (AvgIpc) is 2.87. The zero-order chi connectivity index (χ0) is 21.9. The second-order valence-electron chi connectivity index (χ2n) is 10.5. The van der Waals surface area contributed by atoms with Gasteiger partial charge in [0, 0.05) is 32.3 Å². The molecule has 3 N–H and O–H groups in total. The fraction of sp³-hybridized carbons (Fsp3) is 0.913. The monoisotopic (exact) mass is 424 g/mol. The number of carbonyl (C=O) groups is 2. The summed E-state index contributed by atoms with van der Waals surface area (Å²) in [5.74, 6) is -0.487. The first-order valence-corrected chi connectivity index (χ1v) is 11.4. The molecule has 170 valence electrons. The molecule has 0 aromatic heterocycles. The van der Waals surface area contributed by atoms with Crippen molar-refractivity contribution in [3.05, 3.63) is 0 Å². The van der Waals surface area contributed by atoms with Crippen molar-refractivity contribution >= 4 is 11.9 Å². The lowest BCUT2D eigenvalue weighted by Gasteiger charge is -2.64. The molecular formula is C23H36O7. The van der Waals surface area contributed by atoms with Crippen LogP contribution in [0.25, 0.3) is 0 Å². The third-order valence-electron chi connectivity index (χ3n) is 9.39. The van der Waals surface area contributed by atoms with E-state index in [4.69, 9.17) is 9.47 Å². The molecule has 4 rings (SSSR count). The standard InChI is InChI=1S/C23H36O7/c1-13(25)29-16-6-9-22(12-24)15(10-16)4-5-18-17(22)7-8-21(3)20(30-14(2)26)11-19(27)23(18,21)28/h15-20,24,27-28H,4-12H2,1-3H3/t15?,16?,17-,18-,19?,20?,21-,22-,23+/m1/s1. The Morgan fingerprint density at radius 1 is 0.967 bits per heavy atom. The maximum atomic E-state index is 12.0. The van der Waals surface area contributed by atoms with Crippen LogP contribution < -0.4 is 0 Å². The Morgan fingerprint density at radius 3 is 2.30 bits per heavy atom. The van der Waals surface area contributed by atoms with Gasteiger partial charge in [0.2, 0.25) is 0 Å². The largest absolute Gasteiger partial charge is 0.463 e. The molecule has 4 fully saturated rings. The lowest BCUT2D eigenvalue weighted by Crippen LogP contribution is -2.67. The van der Waals surface area contributed by atoms with Crippen molar-refractivity contribution in [3.63, 3.8) is 0 Å². The number of aliphatic hydroxyl groups excluding tert-OH is 2. The van der Waals surface area contributed by atoms with Crippen molar-refractivity contribution in [2.75, 3.05) is 6.61 Å². The molecule has 4 aliphatic rings. The van der Waals surface area contributed by atoms with Gasteiger partial charge in [-0.15, -0.1) is 0 Å². The molecule has 4 aliphatic carbocycles. The Kier molecular flexibility index (Phi) is 5.47. The van der Waals surface area contributed by atoms with Crippen molar-refractivity contribution in [1.29, 1.82) is 0 Å². The van der Waals surface area contributed by atoms with Gasteiger partial charge in [-0.05, 0) is 68.1 Å². The molecule has 0 heterocycles. The molecule has 4 saturated carbocycles. The predicted molar refractivity (Wildman–Crippen MR) is 107 cm³/mol. The first-order chi connectivity index (χ1) is 14.1. The highest BCUT2D eigenvalue weighted by Crippen LogP contribution is 2.68. The van der Waals surface area contributed by atoms with Crippen LogP contribution in [0.4, 0.5) is 0 Å². The molecule has 0 bridgehead atoms. The van der Waals surface area contributed by atoms with E-state index in [1.54, 1.807) is 0 Å². The van der Waals surface area contributed by atoms with Crippen LogP contribution in [-0.4, -0.2) is 57.8 Å². The van der Waals surface area contributed by atoms with Crippen molar-refractivity contribution < 1.29 is 34.4 Å². The molecule has 0 radical (unpaired) electrons. The van der Waals surface area contributed by atoms with E-state index in [2.05, 4.69) is 0 Å². The maximum Gasteiger partial charge on any atom is 0.302 e. The van der Waals surface area contributed by atoms with E-state index >= 15 is 0 Å². The Hall–Kier alpha value is -1.18. The Morgan fingerprint density at radius 2 is 1.67 bits per heavy atom. The number of aliphatic hydroxyl groups is 3.